The monoisotopic (exact) mass is 330 g/mol. The Labute approximate surface area is 109 Å². The van der Waals surface area contributed by atoms with Crippen LogP contribution in [0.4, 0.5) is 5.95 Å². The smallest absolute Gasteiger partial charge is 0.225 e. The summed E-state index contributed by atoms with van der Waals surface area (Å²) in [6, 6.07) is 0.605. The molecule has 16 heavy (non-hydrogen) atoms. The van der Waals surface area contributed by atoms with Gasteiger partial charge in [0.05, 0.1) is 0 Å². The number of anilines is 1. The SMILES string of the molecule is Ic1cnc(N2CCCC3CNCC32)nc1. The Morgan fingerprint density at radius 3 is 2.94 bits per heavy atom. The van der Waals surface area contributed by atoms with Crippen molar-refractivity contribution < 1.29 is 0 Å². The zero-order chi connectivity index (χ0) is 11.0. The van der Waals surface area contributed by atoms with Crippen molar-refractivity contribution in [2.24, 2.45) is 5.92 Å². The lowest BCUT2D eigenvalue weighted by Gasteiger charge is -2.36. The molecule has 1 aromatic heterocycles. The molecule has 0 aromatic carbocycles. The molecular weight excluding hydrogens is 315 g/mol. The van der Waals surface area contributed by atoms with Crippen LogP contribution < -0.4 is 10.2 Å². The molecular formula is C11H15IN4. The van der Waals surface area contributed by atoms with Gasteiger partial charge >= 0.3 is 0 Å². The summed E-state index contributed by atoms with van der Waals surface area (Å²) in [6.07, 6.45) is 6.40. The van der Waals surface area contributed by atoms with E-state index in [2.05, 4.69) is 42.8 Å². The summed E-state index contributed by atoms with van der Waals surface area (Å²) in [5.74, 6) is 1.69. The molecule has 86 valence electrons. The van der Waals surface area contributed by atoms with E-state index in [0.717, 1.165) is 35.1 Å². The summed E-state index contributed by atoms with van der Waals surface area (Å²) in [4.78, 5) is 11.3. The number of rotatable bonds is 1. The molecule has 3 heterocycles. The molecule has 4 nitrogen and oxygen atoms in total. The van der Waals surface area contributed by atoms with Crippen LogP contribution in [0.15, 0.2) is 12.4 Å². The number of hydrogen-bond acceptors (Lipinski definition) is 4. The van der Waals surface area contributed by atoms with Gasteiger partial charge in [0.1, 0.15) is 0 Å². The molecule has 0 bridgehead atoms. The summed E-state index contributed by atoms with van der Waals surface area (Å²) in [5.41, 5.74) is 0. The molecule has 2 aliphatic rings. The number of aromatic nitrogens is 2. The van der Waals surface area contributed by atoms with E-state index in [1.807, 2.05) is 12.4 Å². The van der Waals surface area contributed by atoms with Gasteiger partial charge in [-0.05, 0) is 41.4 Å². The zero-order valence-corrected chi connectivity index (χ0v) is 11.2. The molecule has 2 fully saturated rings. The number of halogens is 1. The maximum atomic E-state index is 4.44. The fourth-order valence-electron chi connectivity index (χ4n) is 2.77. The number of hydrogen-bond donors (Lipinski definition) is 1. The molecule has 0 radical (unpaired) electrons. The Balaban J connectivity index is 1.85. The summed E-state index contributed by atoms with van der Waals surface area (Å²) in [6.45, 7) is 3.34. The molecule has 0 amide bonds. The second kappa shape index (κ2) is 4.44. The van der Waals surface area contributed by atoms with Gasteiger partial charge in [-0.3, -0.25) is 0 Å². The van der Waals surface area contributed by atoms with E-state index in [1.54, 1.807) is 0 Å². The van der Waals surface area contributed by atoms with E-state index < -0.39 is 0 Å². The van der Waals surface area contributed by atoms with Crippen LogP contribution in [0.25, 0.3) is 0 Å². The van der Waals surface area contributed by atoms with Crippen LogP contribution in [0.5, 0.6) is 0 Å². The van der Waals surface area contributed by atoms with Crippen molar-refractivity contribution in [3.8, 4) is 0 Å². The van der Waals surface area contributed by atoms with E-state index in [1.165, 1.54) is 12.8 Å². The first kappa shape index (κ1) is 10.7. The Hall–Kier alpha value is -0.430. The van der Waals surface area contributed by atoms with Gasteiger partial charge in [-0.15, -0.1) is 0 Å². The predicted octanol–water partition coefficient (Wildman–Crippen LogP) is 1.27. The zero-order valence-electron chi connectivity index (χ0n) is 9.06. The lowest BCUT2D eigenvalue weighted by atomic mass is 9.92. The molecule has 2 atom stereocenters. The number of nitrogens with one attached hydrogen (secondary N) is 1. The Kier molecular flexibility index (Phi) is 2.97. The molecule has 5 heteroatoms. The molecule has 1 N–H and O–H groups in total. The van der Waals surface area contributed by atoms with Crippen LogP contribution in [0.3, 0.4) is 0 Å². The average molecular weight is 330 g/mol. The summed E-state index contributed by atoms with van der Waals surface area (Å²) in [5, 5.41) is 3.48. The van der Waals surface area contributed by atoms with Gasteiger partial charge in [0.2, 0.25) is 5.95 Å². The quantitative estimate of drug-likeness (QED) is 0.788. The van der Waals surface area contributed by atoms with Crippen molar-refractivity contribution in [3.63, 3.8) is 0 Å². The highest BCUT2D eigenvalue weighted by Crippen LogP contribution is 2.28. The maximum Gasteiger partial charge on any atom is 0.225 e. The van der Waals surface area contributed by atoms with Gasteiger partial charge in [-0.2, -0.15) is 0 Å². The fourth-order valence-corrected chi connectivity index (χ4v) is 3.05. The second-order valence-electron chi connectivity index (χ2n) is 4.52. The highest BCUT2D eigenvalue weighted by Gasteiger charge is 2.35. The Morgan fingerprint density at radius 2 is 2.12 bits per heavy atom. The van der Waals surface area contributed by atoms with Crippen molar-refractivity contribution in [1.29, 1.82) is 0 Å². The summed E-state index contributed by atoms with van der Waals surface area (Å²) in [7, 11) is 0. The maximum absolute atomic E-state index is 4.44. The van der Waals surface area contributed by atoms with Crippen LogP contribution in [0.2, 0.25) is 0 Å². The highest BCUT2D eigenvalue weighted by atomic mass is 127. The third-order valence-corrected chi connectivity index (χ3v) is 4.10. The largest absolute Gasteiger partial charge is 0.336 e. The van der Waals surface area contributed by atoms with Gasteiger partial charge in [0.15, 0.2) is 0 Å². The van der Waals surface area contributed by atoms with Crippen molar-refractivity contribution in [1.82, 2.24) is 15.3 Å². The minimum absolute atomic E-state index is 0.605. The number of piperidine rings is 1. The lowest BCUT2D eigenvalue weighted by Crippen LogP contribution is -2.46. The van der Waals surface area contributed by atoms with Crippen molar-refractivity contribution in [2.75, 3.05) is 24.5 Å². The Bertz CT molecular complexity index is 367. The van der Waals surface area contributed by atoms with E-state index >= 15 is 0 Å². The third kappa shape index (κ3) is 1.90. The first-order chi connectivity index (χ1) is 7.84. The topological polar surface area (TPSA) is 41.1 Å². The van der Waals surface area contributed by atoms with Gasteiger partial charge < -0.3 is 10.2 Å². The number of fused-ring (bicyclic) bond motifs is 1. The second-order valence-corrected chi connectivity index (χ2v) is 5.77. The standard InChI is InChI=1S/C11H15IN4/c12-9-5-14-11(15-6-9)16-3-1-2-8-4-13-7-10(8)16/h5-6,8,10,13H,1-4,7H2. The molecule has 1 aromatic rings. The van der Waals surface area contributed by atoms with Crippen molar-refractivity contribution in [2.45, 2.75) is 18.9 Å². The third-order valence-electron chi connectivity index (χ3n) is 3.54. The molecule has 2 saturated heterocycles. The van der Waals surface area contributed by atoms with Crippen molar-refractivity contribution >= 4 is 28.5 Å². The first-order valence-corrected chi connectivity index (χ1v) is 6.87. The molecule has 2 unspecified atom stereocenters. The van der Waals surface area contributed by atoms with Crippen LogP contribution in [-0.4, -0.2) is 35.6 Å². The molecule has 0 aliphatic carbocycles. The van der Waals surface area contributed by atoms with E-state index in [-0.39, 0.29) is 0 Å². The fraction of sp³-hybridized carbons (Fsp3) is 0.636. The van der Waals surface area contributed by atoms with E-state index in [4.69, 9.17) is 0 Å². The van der Waals surface area contributed by atoms with E-state index in [0.29, 0.717) is 6.04 Å². The van der Waals surface area contributed by atoms with Gasteiger partial charge in [-0.1, -0.05) is 0 Å². The highest BCUT2D eigenvalue weighted by molar-refractivity contribution is 14.1. The first-order valence-electron chi connectivity index (χ1n) is 5.79. The van der Waals surface area contributed by atoms with Crippen LogP contribution >= 0.6 is 22.6 Å². The van der Waals surface area contributed by atoms with Gasteiger partial charge in [0, 0.05) is 41.6 Å². The van der Waals surface area contributed by atoms with Gasteiger partial charge in [-0.25, -0.2) is 9.97 Å². The predicted molar refractivity (Wildman–Crippen MR) is 71.5 cm³/mol. The van der Waals surface area contributed by atoms with Crippen LogP contribution in [0.1, 0.15) is 12.8 Å². The van der Waals surface area contributed by atoms with Gasteiger partial charge in [0.25, 0.3) is 0 Å². The minimum Gasteiger partial charge on any atom is -0.336 e. The Morgan fingerprint density at radius 1 is 1.31 bits per heavy atom. The lowest BCUT2D eigenvalue weighted by molar-refractivity contribution is 0.381. The van der Waals surface area contributed by atoms with Crippen LogP contribution in [-0.2, 0) is 0 Å². The minimum atomic E-state index is 0.605. The van der Waals surface area contributed by atoms with E-state index in [9.17, 15) is 0 Å². The molecule has 0 spiro atoms. The summed E-state index contributed by atoms with van der Waals surface area (Å²) >= 11 is 2.24. The average Bonchev–Trinajstić information content (AvgIpc) is 2.78. The number of nitrogens with zero attached hydrogens (tertiary/aromatic N) is 3. The molecule has 0 saturated carbocycles. The van der Waals surface area contributed by atoms with Crippen molar-refractivity contribution in [3.05, 3.63) is 16.0 Å². The summed E-state index contributed by atoms with van der Waals surface area (Å²) < 4.78 is 1.10. The normalized spacial score (nSPS) is 29.2. The molecule has 2 aliphatic heterocycles. The molecule has 3 rings (SSSR count). The van der Waals surface area contributed by atoms with Crippen LogP contribution in [0, 0.1) is 9.49 Å².